The number of guanidine groups is 1. The van der Waals surface area contributed by atoms with Gasteiger partial charge in [0.05, 0.1) is 13.7 Å². The third kappa shape index (κ3) is 5.34. The minimum absolute atomic E-state index is 0. The molecule has 124 valence electrons. The molecule has 1 aliphatic heterocycles. The number of nitrogens with one attached hydrogen (secondary N) is 1. The van der Waals surface area contributed by atoms with Gasteiger partial charge in [-0.2, -0.15) is 0 Å². The molecule has 0 saturated carbocycles. The lowest BCUT2D eigenvalue weighted by Gasteiger charge is -2.23. The lowest BCUT2D eigenvalue weighted by molar-refractivity contribution is 0.370. The largest absolute Gasteiger partial charge is 0.497 e. The van der Waals surface area contributed by atoms with E-state index in [1.54, 1.807) is 7.11 Å². The molecule has 1 aromatic carbocycles. The van der Waals surface area contributed by atoms with Gasteiger partial charge in [-0.25, -0.2) is 4.99 Å². The first kappa shape index (κ1) is 19.1. The van der Waals surface area contributed by atoms with Crippen molar-refractivity contribution >= 4 is 29.9 Å². The van der Waals surface area contributed by atoms with Crippen LogP contribution in [0, 0.1) is 5.41 Å². The molecule has 22 heavy (non-hydrogen) atoms. The number of likely N-dealkylation sites (tertiary alicyclic amines) is 1. The van der Waals surface area contributed by atoms with Crippen LogP contribution in [0.4, 0.5) is 0 Å². The second kappa shape index (κ2) is 8.60. The minimum atomic E-state index is 0. The molecule has 0 unspecified atom stereocenters. The Balaban J connectivity index is 0.00000242. The smallest absolute Gasteiger partial charge is 0.194 e. The Morgan fingerprint density at radius 1 is 1.41 bits per heavy atom. The summed E-state index contributed by atoms with van der Waals surface area (Å²) in [4.78, 5) is 7.15. The van der Waals surface area contributed by atoms with Crippen molar-refractivity contribution in [1.29, 1.82) is 0 Å². The van der Waals surface area contributed by atoms with Gasteiger partial charge in [-0.05, 0) is 36.5 Å². The van der Waals surface area contributed by atoms with Gasteiger partial charge in [-0.1, -0.05) is 26.0 Å². The van der Waals surface area contributed by atoms with E-state index in [1.165, 1.54) is 12.0 Å². The van der Waals surface area contributed by atoms with E-state index >= 15 is 0 Å². The number of nitrogens with zero attached hydrogens (tertiary/aromatic N) is 2. The molecule has 0 radical (unpaired) electrons. The zero-order chi connectivity index (χ0) is 15.3. The van der Waals surface area contributed by atoms with E-state index in [4.69, 9.17) is 9.73 Å². The number of methoxy groups -OCH3 is 1. The number of hydrogen-bond acceptors (Lipinski definition) is 2. The van der Waals surface area contributed by atoms with Gasteiger partial charge < -0.3 is 15.0 Å². The number of hydrogen-bond donors (Lipinski definition) is 1. The lowest BCUT2D eigenvalue weighted by atomic mass is 9.93. The molecule has 0 aliphatic carbocycles. The maximum atomic E-state index is 5.26. The fraction of sp³-hybridized carbons (Fsp3) is 0.588. The van der Waals surface area contributed by atoms with Crippen molar-refractivity contribution in [2.24, 2.45) is 10.4 Å². The highest BCUT2D eigenvalue weighted by atomic mass is 127. The Labute approximate surface area is 151 Å². The van der Waals surface area contributed by atoms with Crippen molar-refractivity contribution < 1.29 is 4.74 Å². The maximum absolute atomic E-state index is 5.26. The molecule has 0 atom stereocenters. The van der Waals surface area contributed by atoms with Gasteiger partial charge in [-0.3, -0.25) is 0 Å². The highest BCUT2D eigenvalue weighted by Gasteiger charge is 2.30. The molecule has 5 heteroatoms. The average molecular weight is 417 g/mol. The van der Waals surface area contributed by atoms with Crippen LogP contribution < -0.4 is 10.1 Å². The summed E-state index contributed by atoms with van der Waals surface area (Å²) < 4.78 is 5.26. The Morgan fingerprint density at radius 3 is 2.77 bits per heavy atom. The summed E-state index contributed by atoms with van der Waals surface area (Å²) in [6.07, 6.45) is 1.22. The summed E-state index contributed by atoms with van der Waals surface area (Å²) in [7, 11) is 1.69. The van der Waals surface area contributed by atoms with Crippen LogP contribution in [0.25, 0.3) is 0 Å². The van der Waals surface area contributed by atoms with Crippen molar-refractivity contribution in [1.82, 2.24) is 10.2 Å². The molecule has 0 amide bonds. The average Bonchev–Trinajstić information content (AvgIpc) is 2.83. The standard InChI is InChI=1S/C17H27N3O.HI/c1-5-18-16(20-10-9-17(2,3)13-20)19-12-14-7-6-8-15(11-14)21-4;/h6-8,11H,5,9-10,12-13H2,1-4H3,(H,18,19);1H. The van der Waals surface area contributed by atoms with Crippen LogP contribution in [0.1, 0.15) is 32.8 Å². The Bertz CT molecular complexity index is 502. The second-order valence-electron chi connectivity index (χ2n) is 6.36. The number of halogens is 1. The molecule has 4 nitrogen and oxygen atoms in total. The SMILES string of the molecule is CCNC(=NCc1cccc(OC)c1)N1CCC(C)(C)C1.I. The second-order valence-corrected chi connectivity index (χ2v) is 6.36. The van der Waals surface area contributed by atoms with E-state index in [0.717, 1.165) is 31.3 Å². The van der Waals surface area contributed by atoms with Crippen LogP contribution in [0.5, 0.6) is 5.75 Å². The topological polar surface area (TPSA) is 36.9 Å². The zero-order valence-corrected chi connectivity index (χ0v) is 16.4. The van der Waals surface area contributed by atoms with Crippen molar-refractivity contribution in [3.8, 4) is 5.75 Å². The van der Waals surface area contributed by atoms with E-state index in [-0.39, 0.29) is 24.0 Å². The molecule has 1 aliphatic rings. The lowest BCUT2D eigenvalue weighted by Crippen LogP contribution is -2.40. The Morgan fingerprint density at radius 2 is 2.18 bits per heavy atom. The van der Waals surface area contributed by atoms with Crippen molar-refractivity contribution in [3.05, 3.63) is 29.8 Å². The third-order valence-corrected chi connectivity index (χ3v) is 3.86. The van der Waals surface area contributed by atoms with E-state index in [0.29, 0.717) is 12.0 Å². The van der Waals surface area contributed by atoms with Crippen LogP contribution in [-0.4, -0.2) is 37.6 Å². The predicted octanol–water partition coefficient (Wildman–Crippen LogP) is 3.51. The van der Waals surface area contributed by atoms with E-state index < -0.39 is 0 Å². The molecule has 1 saturated heterocycles. The highest BCUT2D eigenvalue weighted by Crippen LogP contribution is 2.28. The fourth-order valence-corrected chi connectivity index (χ4v) is 2.66. The third-order valence-electron chi connectivity index (χ3n) is 3.86. The summed E-state index contributed by atoms with van der Waals surface area (Å²) in [6, 6.07) is 8.10. The summed E-state index contributed by atoms with van der Waals surface area (Å²) in [5.41, 5.74) is 1.55. The number of aliphatic imine (C=N–C) groups is 1. The first-order valence-electron chi connectivity index (χ1n) is 7.70. The molecule has 1 aromatic rings. The van der Waals surface area contributed by atoms with Crippen LogP contribution in [0.3, 0.4) is 0 Å². The number of ether oxygens (including phenoxy) is 1. The van der Waals surface area contributed by atoms with Crippen LogP contribution in [0.2, 0.25) is 0 Å². The normalized spacial score (nSPS) is 17.1. The maximum Gasteiger partial charge on any atom is 0.194 e. The summed E-state index contributed by atoms with van der Waals surface area (Å²) in [5, 5.41) is 3.41. The summed E-state index contributed by atoms with van der Waals surface area (Å²) in [6.45, 7) is 10.5. The first-order chi connectivity index (χ1) is 10.0. The molecular formula is C17H28IN3O. The highest BCUT2D eigenvalue weighted by molar-refractivity contribution is 14.0. The van der Waals surface area contributed by atoms with Gasteiger partial charge in [0, 0.05) is 19.6 Å². The number of rotatable bonds is 4. The Kier molecular flexibility index (Phi) is 7.45. The summed E-state index contributed by atoms with van der Waals surface area (Å²) >= 11 is 0. The molecule has 0 aromatic heterocycles. The number of benzene rings is 1. The van der Waals surface area contributed by atoms with Crippen molar-refractivity contribution in [2.75, 3.05) is 26.7 Å². The summed E-state index contributed by atoms with van der Waals surface area (Å²) in [5.74, 6) is 1.90. The minimum Gasteiger partial charge on any atom is -0.497 e. The molecule has 0 bridgehead atoms. The molecule has 1 heterocycles. The van der Waals surface area contributed by atoms with Gasteiger partial charge in [-0.15, -0.1) is 24.0 Å². The van der Waals surface area contributed by atoms with Crippen molar-refractivity contribution in [2.45, 2.75) is 33.7 Å². The molecule has 0 spiro atoms. The van der Waals surface area contributed by atoms with Gasteiger partial charge >= 0.3 is 0 Å². The monoisotopic (exact) mass is 417 g/mol. The molecule has 1 N–H and O–H groups in total. The molecule has 2 rings (SSSR count). The van der Waals surface area contributed by atoms with Gasteiger partial charge in [0.2, 0.25) is 0 Å². The Hall–Kier alpha value is -0.980. The molecule has 1 fully saturated rings. The van der Waals surface area contributed by atoms with E-state index in [1.807, 2.05) is 18.2 Å². The predicted molar refractivity (Wildman–Crippen MR) is 103 cm³/mol. The fourth-order valence-electron chi connectivity index (χ4n) is 2.66. The van der Waals surface area contributed by atoms with Gasteiger partial charge in [0.25, 0.3) is 0 Å². The van der Waals surface area contributed by atoms with Gasteiger partial charge in [0.15, 0.2) is 5.96 Å². The van der Waals surface area contributed by atoms with E-state index in [9.17, 15) is 0 Å². The van der Waals surface area contributed by atoms with E-state index in [2.05, 4.69) is 37.1 Å². The van der Waals surface area contributed by atoms with Crippen molar-refractivity contribution in [3.63, 3.8) is 0 Å². The van der Waals surface area contributed by atoms with Crippen LogP contribution in [-0.2, 0) is 6.54 Å². The van der Waals surface area contributed by atoms with Crippen LogP contribution >= 0.6 is 24.0 Å². The zero-order valence-electron chi connectivity index (χ0n) is 14.1. The first-order valence-corrected chi connectivity index (χ1v) is 7.70. The quantitative estimate of drug-likeness (QED) is 0.463. The molecular weight excluding hydrogens is 389 g/mol. The van der Waals surface area contributed by atoms with Gasteiger partial charge in [0.1, 0.15) is 5.75 Å². The van der Waals surface area contributed by atoms with Crippen LogP contribution in [0.15, 0.2) is 29.3 Å².